The molecule has 1 aromatic heterocycles. The lowest BCUT2D eigenvalue weighted by Gasteiger charge is -2.13. The van der Waals surface area contributed by atoms with Gasteiger partial charge in [-0.1, -0.05) is 6.07 Å². The number of carbonyl (C=O) groups is 1. The fourth-order valence-electron chi connectivity index (χ4n) is 2.09. The van der Waals surface area contributed by atoms with E-state index in [1.54, 1.807) is 37.3 Å². The molecular formula is C17H21N3O4. The molecule has 0 aliphatic carbocycles. The van der Waals surface area contributed by atoms with Crippen LogP contribution in [0.1, 0.15) is 17.3 Å². The summed E-state index contributed by atoms with van der Waals surface area (Å²) in [6.07, 6.45) is 1.06. The summed E-state index contributed by atoms with van der Waals surface area (Å²) in [5, 5.41) is 15.0. The van der Waals surface area contributed by atoms with E-state index in [-0.39, 0.29) is 5.91 Å². The van der Waals surface area contributed by atoms with Crippen LogP contribution in [0.2, 0.25) is 0 Å². The molecule has 128 valence electrons. The van der Waals surface area contributed by atoms with Crippen LogP contribution in [0.4, 0.5) is 11.5 Å². The van der Waals surface area contributed by atoms with E-state index in [9.17, 15) is 9.90 Å². The molecule has 1 heterocycles. The highest BCUT2D eigenvalue weighted by atomic mass is 16.5. The van der Waals surface area contributed by atoms with Crippen molar-refractivity contribution in [3.63, 3.8) is 0 Å². The maximum atomic E-state index is 12.5. The number of methoxy groups -OCH3 is 2. The number of aliphatic hydroxyl groups is 1. The molecule has 3 N–H and O–H groups in total. The molecule has 0 fully saturated rings. The molecule has 2 aromatic rings. The van der Waals surface area contributed by atoms with Crippen molar-refractivity contribution in [3.05, 3.63) is 42.1 Å². The van der Waals surface area contributed by atoms with Gasteiger partial charge in [-0.05, 0) is 31.2 Å². The Hall–Kier alpha value is -2.80. The van der Waals surface area contributed by atoms with Crippen LogP contribution in [0.5, 0.6) is 11.5 Å². The van der Waals surface area contributed by atoms with Crippen molar-refractivity contribution in [2.75, 3.05) is 31.4 Å². The molecule has 0 saturated carbocycles. The van der Waals surface area contributed by atoms with Gasteiger partial charge in [0.1, 0.15) is 22.9 Å². The van der Waals surface area contributed by atoms with Crippen LogP contribution in [-0.2, 0) is 0 Å². The molecule has 0 bridgehead atoms. The summed E-state index contributed by atoms with van der Waals surface area (Å²) in [5.41, 5.74) is 0.856. The fraction of sp³-hybridized carbons (Fsp3) is 0.294. The Labute approximate surface area is 140 Å². The smallest absolute Gasteiger partial charge is 0.263 e. The SMILES string of the molecule is COc1cccc(OC)c1C(=O)Nc1ccc(NCC(C)O)nc1. The second-order valence-electron chi connectivity index (χ2n) is 5.15. The molecule has 0 aliphatic heterocycles. The molecule has 7 nitrogen and oxygen atoms in total. The third-order valence-corrected chi connectivity index (χ3v) is 3.25. The van der Waals surface area contributed by atoms with Gasteiger partial charge in [0.05, 0.1) is 32.2 Å². The summed E-state index contributed by atoms with van der Waals surface area (Å²) in [5.74, 6) is 1.12. The van der Waals surface area contributed by atoms with Crippen molar-refractivity contribution in [1.29, 1.82) is 0 Å². The van der Waals surface area contributed by atoms with Crippen molar-refractivity contribution < 1.29 is 19.4 Å². The largest absolute Gasteiger partial charge is 0.496 e. The number of hydrogen-bond donors (Lipinski definition) is 3. The van der Waals surface area contributed by atoms with Crippen LogP contribution in [-0.4, -0.2) is 42.9 Å². The Kier molecular flexibility index (Phi) is 5.97. The van der Waals surface area contributed by atoms with Gasteiger partial charge in [-0.3, -0.25) is 4.79 Å². The standard InChI is InChI=1S/C17H21N3O4/c1-11(21)9-18-15-8-7-12(10-19-15)20-17(22)16-13(23-2)5-4-6-14(16)24-3/h4-8,10-11,21H,9H2,1-3H3,(H,18,19)(H,20,22). The van der Waals surface area contributed by atoms with Crippen LogP contribution in [0.25, 0.3) is 0 Å². The fourth-order valence-corrected chi connectivity index (χ4v) is 2.09. The van der Waals surface area contributed by atoms with Gasteiger partial charge in [-0.2, -0.15) is 0 Å². The first-order valence-electron chi connectivity index (χ1n) is 7.45. The van der Waals surface area contributed by atoms with Gasteiger partial charge in [0, 0.05) is 6.54 Å². The normalized spacial score (nSPS) is 11.5. The average molecular weight is 331 g/mol. The molecule has 0 aliphatic rings. The summed E-state index contributed by atoms with van der Waals surface area (Å²) >= 11 is 0. The highest BCUT2D eigenvalue weighted by Gasteiger charge is 2.18. The number of ether oxygens (including phenoxy) is 2. The number of pyridine rings is 1. The van der Waals surface area contributed by atoms with Crippen LogP contribution in [0.3, 0.4) is 0 Å². The van der Waals surface area contributed by atoms with Crippen LogP contribution >= 0.6 is 0 Å². The van der Waals surface area contributed by atoms with Gasteiger partial charge in [0.2, 0.25) is 0 Å². The molecule has 24 heavy (non-hydrogen) atoms. The molecule has 1 aromatic carbocycles. The van der Waals surface area contributed by atoms with Gasteiger partial charge >= 0.3 is 0 Å². The molecular weight excluding hydrogens is 310 g/mol. The predicted molar refractivity (Wildman–Crippen MR) is 91.9 cm³/mol. The van der Waals surface area contributed by atoms with Gasteiger partial charge in [0.25, 0.3) is 5.91 Å². The van der Waals surface area contributed by atoms with E-state index in [2.05, 4.69) is 15.6 Å². The number of aromatic nitrogens is 1. The van der Waals surface area contributed by atoms with Crippen molar-refractivity contribution >= 4 is 17.4 Å². The zero-order valence-corrected chi connectivity index (χ0v) is 13.9. The quantitative estimate of drug-likeness (QED) is 0.720. The number of nitrogens with one attached hydrogen (secondary N) is 2. The lowest BCUT2D eigenvalue weighted by molar-refractivity contribution is 0.102. The molecule has 0 spiro atoms. The maximum Gasteiger partial charge on any atom is 0.263 e. The molecule has 0 radical (unpaired) electrons. The van der Waals surface area contributed by atoms with Gasteiger partial charge in [0.15, 0.2) is 0 Å². The topological polar surface area (TPSA) is 92.7 Å². The zero-order valence-electron chi connectivity index (χ0n) is 13.9. The number of amides is 1. The minimum absolute atomic E-state index is 0.318. The van der Waals surface area contributed by atoms with Crippen molar-refractivity contribution in [2.45, 2.75) is 13.0 Å². The van der Waals surface area contributed by atoms with E-state index in [4.69, 9.17) is 9.47 Å². The van der Waals surface area contributed by atoms with Crippen LogP contribution in [0.15, 0.2) is 36.5 Å². The van der Waals surface area contributed by atoms with Gasteiger partial charge < -0.3 is 25.2 Å². The summed E-state index contributed by atoms with van der Waals surface area (Å²) in [6, 6.07) is 8.57. The molecule has 1 atom stereocenters. The summed E-state index contributed by atoms with van der Waals surface area (Å²) in [6.45, 7) is 2.08. The summed E-state index contributed by atoms with van der Waals surface area (Å²) in [4.78, 5) is 16.7. The van der Waals surface area contributed by atoms with Crippen LogP contribution in [0, 0.1) is 0 Å². The first kappa shape index (κ1) is 17.6. The monoisotopic (exact) mass is 331 g/mol. The van der Waals surface area contributed by atoms with E-state index in [0.717, 1.165) is 0 Å². The number of aliphatic hydroxyl groups excluding tert-OH is 1. The minimum atomic E-state index is -0.468. The number of anilines is 2. The molecule has 1 amide bonds. The number of rotatable bonds is 7. The number of nitrogens with zero attached hydrogens (tertiary/aromatic N) is 1. The summed E-state index contributed by atoms with van der Waals surface area (Å²) < 4.78 is 10.5. The second-order valence-corrected chi connectivity index (χ2v) is 5.15. The Morgan fingerprint density at radius 3 is 2.38 bits per heavy atom. The minimum Gasteiger partial charge on any atom is -0.496 e. The predicted octanol–water partition coefficient (Wildman–Crippen LogP) is 2.14. The van der Waals surface area contributed by atoms with Gasteiger partial charge in [-0.15, -0.1) is 0 Å². The molecule has 0 saturated heterocycles. The Bertz CT molecular complexity index is 664. The second kappa shape index (κ2) is 8.16. The lowest BCUT2D eigenvalue weighted by Crippen LogP contribution is -2.16. The highest BCUT2D eigenvalue weighted by molar-refractivity contribution is 6.08. The first-order chi connectivity index (χ1) is 11.5. The Morgan fingerprint density at radius 2 is 1.88 bits per heavy atom. The lowest BCUT2D eigenvalue weighted by atomic mass is 10.1. The van der Waals surface area contributed by atoms with E-state index in [0.29, 0.717) is 35.1 Å². The Morgan fingerprint density at radius 1 is 1.21 bits per heavy atom. The Balaban J connectivity index is 2.12. The van der Waals surface area contributed by atoms with Gasteiger partial charge in [-0.25, -0.2) is 4.98 Å². The third-order valence-electron chi connectivity index (χ3n) is 3.25. The zero-order chi connectivity index (χ0) is 17.5. The van der Waals surface area contributed by atoms with Crippen molar-refractivity contribution in [3.8, 4) is 11.5 Å². The van der Waals surface area contributed by atoms with E-state index >= 15 is 0 Å². The third kappa shape index (κ3) is 4.36. The number of hydrogen-bond acceptors (Lipinski definition) is 6. The number of carbonyl (C=O) groups excluding carboxylic acids is 1. The van der Waals surface area contributed by atoms with E-state index in [1.165, 1.54) is 20.4 Å². The van der Waals surface area contributed by atoms with Crippen molar-refractivity contribution in [2.24, 2.45) is 0 Å². The van der Waals surface area contributed by atoms with E-state index in [1.807, 2.05) is 0 Å². The van der Waals surface area contributed by atoms with Crippen LogP contribution < -0.4 is 20.1 Å². The summed E-state index contributed by atoms with van der Waals surface area (Å²) in [7, 11) is 2.99. The number of benzene rings is 1. The maximum absolute atomic E-state index is 12.5. The highest BCUT2D eigenvalue weighted by Crippen LogP contribution is 2.29. The molecule has 2 rings (SSSR count). The first-order valence-corrected chi connectivity index (χ1v) is 7.45. The van der Waals surface area contributed by atoms with E-state index < -0.39 is 6.10 Å². The molecule has 1 unspecified atom stereocenters. The van der Waals surface area contributed by atoms with Crippen molar-refractivity contribution in [1.82, 2.24) is 4.98 Å². The molecule has 7 heteroatoms. The average Bonchev–Trinajstić information content (AvgIpc) is 2.60.